The minimum absolute atomic E-state index is 0.0927. The van der Waals surface area contributed by atoms with Gasteiger partial charge < -0.3 is 19.9 Å². The molecule has 0 saturated heterocycles. The second-order valence-electron chi connectivity index (χ2n) is 6.20. The Morgan fingerprint density at radius 1 is 1.33 bits per heavy atom. The molecule has 1 aliphatic rings. The van der Waals surface area contributed by atoms with Gasteiger partial charge in [-0.25, -0.2) is 0 Å². The lowest BCUT2D eigenvalue weighted by Crippen LogP contribution is -2.55. The van der Waals surface area contributed by atoms with Gasteiger partial charge in [0.1, 0.15) is 12.2 Å². The Kier molecular flexibility index (Phi) is 7.75. The van der Waals surface area contributed by atoms with Crippen molar-refractivity contribution < 1.29 is 19.5 Å². The second-order valence-corrected chi connectivity index (χ2v) is 6.20. The van der Waals surface area contributed by atoms with Crippen molar-refractivity contribution in [3.63, 3.8) is 0 Å². The van der Waals surface area contributed by atoms with Gasteiger partial charge in [0.25, 0.3) is 0 Å². The molecule has 122 valence electrons. The number of aliphatic hydroxyl groups is 1. The third-order valence-corrected chi connectivity index (χ3v) is 4.37. The third-order valence-electron chi connectivity index (χ3n) is 4.37. The quantitative estimate of drug-likeness (QED) is 0.457. The maximum absolute atomic E-state index is 10.9. The van der Waals surface area contributed by atoms with Crippen molar-refractivity contribution in [2.24, 2.45) is 0 Å². The highest BCUT2D eigenvalue weighted by Gasteiger charge is 2.38. The standard InChI is InChI=1S/C16H30N2O3/c1-3-4-5-6-7-8-10-18(11-9-17(2)14-18)15(13-19)12-16(20)21/h9,11,15,19H,3-8,10,12-14H2,1-2H3. The Hall–Kier alpha value is -1.07. The highest BCUT2D eigenvalue weighted by Crippen LogP contribution is 2.25. The van der Waals surface area contributed by atoms with E-state index < -0.39 is 5.97 Å². The van der Waals surface area contributed by atoms with Crippen LogP contribution in [0.5, 0.6) is 0 Å². The maximum Gasteiger partial charge on any atom is 0.158 e. The zero-order valence-electron chi connectivity index (χ0n) is 13.5. The molecule has 0 spiro atoms. The fourth-order valence-corrected chi connectivity index (χ4v) is 3.11. The van der Waals surface area contributed by atoms with Crippen LogP contribution in [0, 0.1) is 0 Å². The van der Waals surface area contributed by atoms with Gasteiger partial charge in [-0.05, 0) is 12.8 Å². The Balaban J connectivity index is 2.54. The van der Waals surface area contributed by atoms with E-state index in [0.29, 0.717) is 4.48 Å². The van der Waals surface area contributed by atoms with E-state index in [9.17, 15) is 15.0 Å². The van der Waals surface area contributed by atoms with Crippen LogP contribution >= 0.6 is 0 Å². The molecule has 0 bridgehead atoms. The molecule has 5 nitrogen and oxygen atoms in total. The van der Waals surface area contributed by atoms with Crippen molar-refractivity contribution in [2.75, 3.05) is 26.9 Å². The molecule has 5 heteroatoms. The van der Waals surface area contributed by atoms with Gasteiger partial charge in [0.05, 0.1) is 19.4 Å². The predicted molar refractivity (Wildman–Crippen MR) is 80.8 cm³/mol. The van der Waals surface area contributed by atoms with Crippen molar-refractivity contribution in [3.8, 4) is 0 Å². The number of carbonyl (C=O) groups excluding carboxylic acids is 1. The van der Waals surface area contributed by atoms with Crippen molar-refractivity contribution in [1.29, 1.82) is 0 Å². The average Bonchev–Trinajstić information content (AvgIpc) is 2.82. The molecule has 0 aromatic carbocycles. The number of carboxylic acids is 1. The minimum Gasteiger partial charge on any atom is -0.550 e. The van der Waals surface area contributed by atoms with E-state index >= 15 is 0 Å². The average molecular weight is 298 g/mol. The topological polar surface area (TPSA) is 63.6 Å². The van der Waals surface area contributed by atoms with E-state index in [1.165, 1.54) is 32.1 Å². The van der Waals surface area contributed by atoms with Crippen LogP contribution in [0.4, 0.5) is 0 Å². The number of aliphatic carboxylic acids is 1. The fraction of sp³-hybridized carbons (Fsp3) is 0.812. The van der Waals surface area contributed by atoms with E-state index in [4.69, 9.17) is 0 Å². The van der Waals surface area contributed by atoms with Crippen LogP contribution in [0.1, 0.15) is 51.9 Å². The summed E-state index contributed by atoms with van der Waals surface area (Å²) in [7, 11) is 1.98. The van der Waals surface area contributed by atoms with Crippen LogP contribution < -0.4 is 5.11 Å². The van der Waals surface area contributed by atoms with E-state index in [1.54, 1.807) is 0 Å². The highest BCUT2D eigenvalue weighted by molar-refractivity contribution is 5.64. The number of hydrogen-bond acceptors (Lipinski definition) is 4. The monoisotopic (exact) mass is 298 g/mol. The summed E-state index contributed by atoms with van der Waals surface area (Å²) in [6, 6.07) is -0.313. The number of nitrogens with zero attached hydrogens (tertiary/aromatic N) is 2. The maximum atomic E-state index is 10.9. The first-order valence-electron chi connectivity index (χ1n) is 8.11. The fourth-order valence-electron chi connectivity index (χ4n) is 3.11. The molecule has 0 radical (unpaired) electrons. The van der Waals surface area contributed by atoms with Gasteiger partial charge in [-0.15, -0.1) is 0 Å². The molecule has 0 fully saturated rings. The molecular weight excluding hydrogens is 268 g/mol. The number of aliphatic hydroxyl groups excluding tert-OH is 1. The molecule has 0 saturated carbocycles. The summed E-state index contributed by atoms with van der Waals surface area (Å²) < 4.78 is 0.536. The lowest BCUT2D eigenvalue weighted by atomic mass is 10.1. The number of unbranched alkanes of at least 4 members (excludes halogenated alkanes) is 5. The van der Waals surface area contributed by atoms with Gasteiger partial charge in [-0.1, -0.05) is 32.6 Å². The first kappa shape index (κ1) is 18.0. The SMILES string of the molecule is CCCCCCCC[N+]1(C(CO)CC(=O)[O-])C=CN(C)C1. The first-order valence-corrected chi connectivity index (χ1v) is 8.11. The lowest BCUT2D eigenvalue weighted by Gasteiger charge is -2.39. The van der Waals surface area contributed by atoms with Crippen molar-refractivity contribution in [2.45, 2.75) is 57.9 Å². The second kappa shape index (κ2) is 9.05. The number of carboxylic acid groups (broad SMARTS) is 1. The van der Waals surface area contributed by atoms with Gasteiger partial charge in [0.15, 0.2) is 6.67 Å². The molecule has 0 aromatic heterocycles. The highest BCUT2D eigenvalue weighted by atomic mass is 16.4. The lowest BCUT2D eigenvalue weighted by molar-refractivity contribution is -0.906. The van der Waals surface area contributed by atoms with Gasteiger partial charge in [-0.3, -0.25) is 4.48 Å². The van der Waals surface area contributed by atoms with E-state index in [1.807, 2.05) is 19.4 Å². The van der Waals surface area contributed by atoms with Crippen molar-refractivity contribution >= 4 is 5.97 Å². The van der Waals surface area contributed by atoms with Gasteiger partial charge in [-0.2, -0.15) is 0 Å². The number of rotatable bonds is 11. The van der Waals surface area contributed by atoms with E-state index in [0.717, 1.165) is 19.6 Å². The van der Waals surface area contributed by atoms with Crippen LogP contribution in [0.2, 0.25) is 0 Å². The molecule has 0 amide bonds. The van der Waals surface area contributed by atoms with Crippen LogP contribution in [-0.2, 0) is 4.79 Å². The summed E-state index contributed by atoms with van der Waals surface area (Å²) in [6.45, 7) is 3.69. The summed E-state index contributed by atoms with van der Waals surface area (Å²) in [5, 5.41) is 20.5. The van der Waals surface area contributed by atoms with Crippen LogP contribution in [0.25, 0.3) is 0 Å². The zero-order valence-corrected chi connectivity index (χ0v) is 13.5. The van der Waals surface area contributed by atoms with E-state index in [2.05, 4.69) is 11.8 Å². The van der Waals surface area contributed by atoms with Crippen LogP contribution in [0.3, 0.4) is 0 Å². The molecule has 1 aliphatic heterocycles. The summed E-state index contributed by atoms with van der Waals surface area (Å²) >= 11 is 0. The molecule has 1 heterocycles. The molecule has 2 unspecified atom stereocenters. The number of carbonyl (C=O) groups is 1. The molecule has 2 atom stereocenters. The third kappa shape index (κ3) is 5.67. The molecule has 0 aliphatic carbocycles. The van der Waals surface area contributed by atoms with Crippen LogP contribution in [-0.4, -0.2) is 53.4 Å². The molecule has 0 aromatic rings. The van der Waals surface area contributed by atoms with Gasteiger partial charge in [0, 0.05) is 19.4 Å². The van der Waals surface area contributed by atoms with Gasteiger partial charge in [0.2, 0.25) is 0 Å². The summed E-state index contributed by atoms with van der Waals surface area (Å²) in [6.07, 6.45) is 11.2. The zero-order chi connectivity index (χ0) is 15.7. The van der Waals surface area contributed by atoms with Gasteiger partial charge >= 0.3 is 0 Å². The van der Waals surface area contributed by atoms with Crippen molar-refractivity contribution in [1.82, 2.24) is 4.90 Å². The normalized spacial score (nSPS) is 22.7. The molecular formula is C16H30N2O3. The largest absolute Gasteiger partial charge is 0.550 e. The predicted octanol–water partition coefficient (Wildman–Crippen LogP) is 1.04. The Morgan fingerprint density at radius 3 is 2.52 bits per heavy atom. The minimum atomic E-state index is -1.09. The van der Waals surface area contributed by atoms with E-state index in [-0.39, 0.29) is 19.1 Å². The smallest absolute Gasteiger partial charge is 0.158 e. The molecule has 21 heavy (non-hydrogen) atoms. The Bertz CT molecular complexity index is 346. The summed E-state index contributed by atoms with van der Waals surface area (Å²) in [4.78, 5) is 13.0. The Morgan fingerprint density at radius 2 is 2.00 bits per heavy atom. The Labute approximate surface area is 128 Å². The van der Waals surface area contributed by atoms with Crippen LogP contribution in [0.15, 0.2) is 12.4 Å². The number of quaternary nitrogens is 1. The van der Waals surface area contributed by atoms with Crippen molar-refractivity contribution in [3.05, 3.63) is 12.4 Å². The summed E-state index contributed by atoms with van der Waals surface area (Å²) in [5.74, 6) is -1.09. The molecule has 1 rings (SSSR count). The summed E-state index contributed by atoms with van der Waals surface area (Å²) in [5.41, 5.74) is 0. The molecule has 1 N–H and O–H groups in total. The number of hydrogen-bond donors (Lipinski definition) is 1. The first-order chi connectivity index (χ1) is 10.0.